The summed E-state index contributed by atoms with van der Waals surface area (Å²) < 4.78 is 1.88. The van der Waals surface area contributed by atoms with Gasteiger partial charge in [0.15, 0.2) is 7.15 Å². The van der Waals surface area contributed by atoms with Gasteiger partial charge in [-0.1, -0.05) is 6.58 Å². The Kier molecular flexibility index (Phi) is 5.37. The molecule has 6 heteroatoms. The number of halogens is 1. The Morgan fingerprint density at radius 1 is 1.28 bits per heavy atom. The number of nitro benzene ring substituents is 1. The number of rotatable bonds is 6. The van der Waals surface area contributed by atoms with Crippen molar-refractivity contribution in [2.75, 3.05) is 0 Å². The zero-order valence-electron chi connectivity index (χ0n) is 9.38. The first-order chi connectivity index (χ1) is 8.52. The van der Waals surface area contributed by atoms with Gasteiger partial charge in [-0.2, -0.15) is 0 Å². The lowest BCUT2D eigenvalue weighted by Crippen LogP contribution is -3.60. The molecule has 0 atom stereocenters. The van der Waals surface area contributed by atoms with Crippen LogP contribution in [0.1, 0.15) is 0 Å². The Morgan fingerprint density at radius 3 is 2.39 bits per heavy atom. The molecule has 0 aromatic heterocycles. The molecule has 0 saturated heterocycles. The molecule has 92 valence electrons. The van der Waals surface area contributed by atoms with Crippen LogP contribution in [0.5, 0.6) is 0 Å². The van der Waals surface area contributed by atoms with Crippen molar-refractivity contribution in [1.82, 2.24) is 0 Å². The van der Waals surface area contributed by atoms with Crippen LogP contribution in [-0.4, -0.2) is 4.92 Å². The summed E-state index contributed by atoms with van der Waals surface area (Å²) in [4.78, 5) is 20.1. The molecule has 0 unspecified atom stereocenters. The molecule has 5 nitrogen and oxygen atoms in total. The molecule has 0 aliphatic heterocycles. The van der Waals surface area contributed by atoms with Gasteiger partial charge in [-0.25, -0.2) is 0 Å². The van der Waals surface area contributed by atoms with Crippen LogP contribution in [0.2, 0.25) is 0 Å². The van der Waals surface area contributed by atoms with Gasteiger partial charge in [0.1, 0.15) is 5.70 Å². The quantitative estimate of drug-likeness (QED) is 0.240. The van der Waals surface area contributed by atoms with Gasteiger partial charge in [-0.3, -0.25) is 10.1 Å². The second-order valence-electron chi connectivity index (χ2n) is 3.19. The first-order valence-electron chi connectivity index (χ1n) is 4.81. The van der Waals surface area contributed by atoms with Crippen molar-refractivity contribution in [1.29, 1.82) is 0 Å². The largest absolute Gasteiger partial charge is 0.357 e. The van der Waals surface area contributed by atoms with Gasteiger partial charge in [0, 0.05) is 12.1 Å². The predicted molar refractivity (Wildman–Crippen MR) is 65.0 cm³/mol. The third-order valence-electron chi connectivity index (χ3n) is 1.84. The van der Waals surface area contributed by atoms with E-state index in [2.05, 4.69) is 18.3 Å². The van der Waals surface area contributed by atoms with E-state index in [1.54, 1.807) is 18.2 Å². The van der Waals surface area contributed by atoms with Crippen LogP contribution in [0.15, 0.2) is 64.0 Å². The maximum absolute atomic E-state index is 10.5. The van der Waals surface area contributed by atoms with Crippen LogP contribution in [0.3, 0.4) is 0 Å². The van der Waals surface area contributed by atoms with Gasteiger partial charge in [0.2, 0.25) is 0 Å². The average Bonchev–Trinajstić information content (AvgIpc) is 2.36. The number of hydrogen-bond acceptors (Lipinski definition) is 4. The van der Waals surface area contributed by atoms with Gasteiger partial charge >= 0.3 is 21.2 Å². The summed E-state index contributed by atoms with van der Waals surface area (Å²) in [5.41, 5.74) is 0.214. The molecule has 0 radical (unpaired) electrons. The van der Waals surface area contributed by atoms with E-state index in [9.17, 15) is 15.0 Å². The standard InChI is InChI=1S/C12H10IN2O3/c1-9(3-4-10(2)14-16)13-11-5-7-12(8-6-11)15(17)18/h3-8H,1-2H2/q+1/b4-3-. The van der Waals surface area contributed by atoms with Crippen molar-refractivity contribution < 1.29 is 26.1 Å². The summed E-state index contributed by atoms with van der Waals surface area (Å²) in [7, 11) is 0. The van der Waals surface area contributed by atoms with E-state index in [1.165, 1.54) is 18.2 Å². The molecule has 0 heterocycles. The average molecular weight is 357 g/mol. The van der Waals surface area contributed by atoms with Crippen LogP contribution in [0.25, 0.3) is 0 Å². The fraction of sp³-hybridized carbons (Fsp3) is 0. The Balaban J connectivity index is 2.65. The Labute approximate surface area is 114 Å². The minimum Gasteiger partial charge on any atom is -0.258 e. The summed E-state index contributed by atoms with van der Waals surface area (Å²) >= 11 is -0.495. The van der Waals surface area contributed by atoms with Crippen molar-refractivity contribution in [2.24, 2.45) is 5.18 Å². The third kappa shape index (κ3) is 4.58. The number of nitrogens with zero attached hydrogens (tertiary/aromatic N) is 2. The van der Waals surface area contributed by atoms with Crippen molar-refractivity contribution in [2.45, 2.75) is 0 Å². The molecule has 0 aliphatic carbocycles. The zero-order chi connectivity index (χ0) is 13.5. The van der Waals surface area contributed by atoms with E-state index in [4.69, 9.17) is 0 Å². The van der Waals surface area contributed by atoms with E-state index in [0.29, 0.717) is 0 Å². The molecular weight excluding hydrogens is 347 g/mol. The Morgan fingerprint density at radius 2 is 1.89 bits per heavy atom. The van der Waals surface area contributed by atoms with Crippen LogP contribution in [-0.2, 0) is 0 Å². The highest BCUT2D eigenvalue weighted by atomic mass is 127. The lowest BCUT2D eigenvalue weighted by molar-refractivity contribution is -0.571. The Bertz CT molecular complexity index is 521. The second-order valence-corrected chi connectivity index (χ2v) is 6.36. The molecular formula is C12H10IN2O3+. The highest BCUT2D eigenvalue weighted by Crippen LogP contribution is 2.07. The van der Waals surface area contributed by atoms with Gasteiger partial charge in [0.05, 0.1) is 4.92 Å². The number of nitro groups is 1. The highest BCUT2D eigenvalue weighted by Gasteiger charge is 2.16. The van der Waals surface area contributed by atoms with E-state index >= 15 is 0 Å². The predicted octanol–water partition coefficient (Wildman–Crippen LogP) is 0.203. The van der Waals surface area contributed by atoms with Crippen molar-refractivity contribution >= 4 is 5.69 Å². The van der Waals surface area contributed by atoms with Crippen molar-refractivity contribution in [3.63, 3.8) is 0 Å². The molecule has 0 N–H and O–H groups in total. The number of allylic oxidation sites excluding steroid dienone is 3. The van der Waals surface area contributed by atoms with Gasteiger partial charge in [-0.15, -0.1) is 4.91 Å². The number of benzene rings is 1. The summed E-state index contributed by atoms with van der Waals surface area (Å²) in [5.74, 6) is 0. The molecule has 0 saturated carbocycles. The number of non-ortho nitro benzene ring substituents is 1. The Hall–Kier alpha value is -1.83. The monoisotopic (exact) mass is 357 g/mol. The third-order valence-corrected chi connectivity index (χ3v) is 4.24. The van der Waals surface area contributed by atoms with Crippen LogP contribution >= 0.6 is 0 Å². The zero-order valence-corrected chi connectivity index (χ0v) is 11.5. The fourth-order valence-electron chi connectivity index (χ4n) is 1.01. The molecule has 1 aromatic carbocycles. The molecule has 1 aromatic rings. The van der Waals surface area contributed by atoms with Crippen LogP contribution in [0.4, 0.5) is 5.69 Å². The first kappa shape index (κ1) is 14.2. The maximum Gasteiger partial charge on any atom is 0.357 e. The van der Waals surface area contributed by atoms with E-state index in [1.807, 2.05) is 0 Å². The SMILES string of the molecule is C=C(/C=C\C(=C)[I+]c1ccc([N+](=O)[O-])cc1)N=O. The molecule has 0 bridgehead atoms. The molecule has 0 fully saturated rings. The molecule has 0 spiro atoms. The summed E-state index contributed by atoms with van der Waals surface area (Å²) in [5, 5.41) is 13.1. The lowest BCUT2D eigenvalue weighted by atomic mass is 10.3. The normalized spacial score (nSPS) is 10.2. The lowest BCUT2D eigenvalue weighted by Gasteiger charge is -1.88. The van der Waals surface area contributed by atoms with Gasteiger partial charge in [0.25, 0.3) is 5.69 Å². The van der Waals surface area contributed by atoms with Crippen LogP contribution in [0, 0.1) is 18.6 Å². The minimum absolute atomic E-state index is 0.0717. The van der Waals surface area contributed by atoms with Gasteiger partial charge in [-0.05, 0) is 36.0 Å². The highest BCUT2D eigenvalue weighted by molar-refractivity contribution is 5.28. The van der Waals surface area contributed by atoms with Gasteiger partial charge < -0.3 is 0 Å². The van der Waals surface area contributed by atoms with Crippen LogP contribution < -0.4 is 21.2 Å². The topological polar surface area (TPSA) is 72.6 Å². The molecule has 1 rings (SSSR count). The van der Waals surface area contributed by atoms with E-state index < -0.39 is 26.1 Å². The molecule has 0 amide bonds. The smallest absolute Gasteiger partial charge is 0.258 e. The van der Waals surface area contributed by atoms with E-state index in [0.717, 1.165) is 7.15 Å². The molecule has 0 aliphatic rings. The second kappa shape index (κ2) is 6.80. The maximum atomic E-state index is 10.5. The fourth-order valence-corrected chi connectivity index (χ4v) is 2.89. The van der Waals surface area contributed by atoms with E-state index in [-0.39, 0.29) is 11.4 Å². The summed E-state index contributed by atoms with van der Waals surface area (Å²) in [6.45, 7) is 7.27. The minimum atomic E-state index is -0.495. The summed E-state index contributed by atoms with van der Waals surface area (Å²) in [6, 6.07) is 6.38. The number of hydrogen-bond donors (Lipinski definition) is 0. The molecule has 18 heavy (non-hydrogen) atoms. The number of nitroso groups, excluding NO2 is 1. The summed E-state index contributed by atoms with van der Waals surface area (Å²) in [6.07, 6.45) is 3.19. The van der Waals surface area contributed by atoms with Crippen molar-refractivity contribution in [3.8, 4) is 0 Å². The first-order valence-corrected chi connectivity index (χ1v) is 6.97. The van der Waals surface area contributed by atoms with Crippen molar-refractivity contribution in [3.05, 3.63) is 77.4 Å².